The van der Waals surface area contributed by atoms with E-state index in [2.05, 4.69) is 12.1 Å². The summed E-state index contributed by atoms with van der Waals surface area (Å²) in [6.45, 7) is 1.20. The highest BCUT2D eigenvalue weighted by Crippen LogP contribution is 2.38. The van der Waals surface area contributed by atoms with E-state index in [0.29, 0.717) is 25.9 Å². The van der Waals surface area contributed by atoms with E-state index in [9.17, 15) is 9.59 Å². The molecule has 0 aromatic heterocycles. The van der Waals surface area contributed by atoms with Gasteiger partial charge in [0.05, 0.1) is 12.0 Å². The van der Waals surface area contributed by atoms with Gasteiger partial charge in [-0.05, 0) is 17.5 Å². The minimum Gasteiger partial charge on any atom is -0.340 e. The maximum atomic E-state index is 13.5. The smallest absolute Gasteiger partial charge is 0.228 e. The van der Waals surface area contributed by atoms with Crippen LogP contribution >= 0.6 is 0 Å². The van der Waals surface area contributed by atoms with E-state index in [4.69, 9.17) is 5.73 Å². The van der Waals surface area contributed by atoms with E-state index >= 15 is 0 Å². The SMILES string of the molecule is CN1C(=O)CCC(C(=O)N2C[C@@H](N)[C@H](c3ccccc3)C2)C1c1ccccc1. The molecule has 5 heteroatoms. The monoisotopic (exact) mass is 377 g/mol. The summed E-state index contributed by atoms with van der Waals surface area (Å²) in [6, 6.07) is 19.8. The molecule has 146 valence electrons. The van der Waals surface area contributed by atoms with Gasteiger partial charge in [-0.2, -0.15) is 0 Å². The Balaban J connectivity index is 1.57. The van der Waals surface area contributed by atoms with Gasteiger partial charge >= 0.3 is 0 Å². The van der Waals surface area contributed by atoms with Crippen LogP contribution < -0.4 is 5.73 Å². The standard InChI is InChI=1S/C23H27N3O2/c1-25-21(27)13-12-18(22(25)17-10-6-3-7-11-17)23(28)26-14-19(20(24)15-26)16-8-4-2-5-9-16/h2-11,18-20,22H,12-15,24H2,1H3/t18?,19-,20+,22?/m0/s1. The molecule has 2 aromatic rings. The van der Waals surface area contributed by atoms with Crippen molar-refractivity contribution in [3.63, 3.8) is 0 Å². The fourth-order valence-corrected chi connectivity index (χ4v) is 4.70. The van der Waals surface area contributed by atoms with Crippen LogP contribution in [0.15, 0.2) is 60.7 Å². The van der Waals surface area contributed by atoms with Crippen molar-refractivity contribution in [3.05, 3.63) is 71.8 Å². The Morgan fingerprint density at radius 1 is 0.964 bits per heavy atom. The van der Waals surface area contributed by atoms with Gasteiger partial charge in [-0.1, -0.05) is 60.7 Å². The molecule has 2 heterocycles. The first-order chi connectivity index (χ1) is 13.6. The van der Waals surface area contributed by atoms with Crippen LogP contribution in [0.3, 0.4) is 0 Å². The summed E-state index contributed by atoms with van der Waals surface area (Å²) in [4.78, 5) is 29.5. The Labute approximate surface area is 166 Å². The van der Waals surface area contributed by atoms with Crippen molar-refractivity contribution in [1.82, 2.24) is 9.80 Å². The third-order valence-corrected chi connectivity index (χ3v) is 6.22. The topological polar surface area (TPSA) is 66.6 Å². The Morgan fingerprint density at radius 2 is 1.57 bits per heavy atom. The van der Waals surface area contributed by atoms with Gasteiger partial charge in [0.25, 0.3) is 0 Å². The quantitative estimate of drug-likeness (QED) is 0.894. The number of hydrogen-bond acceptors (Lipinski definition) is 3. The molecule has 0 radical (unpaired) electrons. The minimum absolute atomic E-state index is 0.0653. The minimum atomic E-state index is -0.230. The summed E-state index contributed by atoms with van der Waals surface area (Å²) < 4.78 is 0. The predicted octanol–water partition coefficient (Wildman–Crippen LogP) is 2.55. The number of benzene rings is 2. The van der Waals surface area contributed by atoms with Crippen molar-refractivity contribution in [2.75, 3.05) is 20.1 Å². The summed E-state index contributed by atoms with van der Waals surface area (Å²) in [5.41, 5.74) is 8.60. The molecule has 2 amide bonds. The van der Waals surface area contributed by atoms with Gasteiger partial charge in [-0.25, -0.2) is 0 Å². The maximum Gasteiger partial charge on any atom is 0.228 e. The average molecular weight is 377 g/mol. The van der Waals surface area contributed by atoms with Crippen LogP contribution in [0, 0.1) is 5.92 Å². The van der Waals surface area contributed by atoms with E-state index in [1.165, 1.54) is 5.56 Å². The molecule has 0 aliphatic carbocycles. The molecular weight excluding hydrogens is 350 g/mol. The summed E-state index contributed by atoms with van der Waals surface area (Å²) in [7, 11) is 1.81. The van der Waals surface area contributed by atoms with Gasteiger partial charge in [0, 0.05) is 38.5 Å². The number of piperidine rings is 1. The van der Waals surface area contributed by atoms with Crippen molar-refractivity contribution in [2.45, 2.75) is 30.8 Å². The van der Waals surface area contributed by atoms with Gasteiger partial charge in [-0.3, -0.25) is 9.59 Å². The number of amides is 2. The first kappa shape index (κ1) is 18.7. The highest BCUT2D eigenvalue weighted by Gasteiger charge is 2.43. The molecule has 4 rings (SSSR count). The van der Waals surface area contributed by atoms with Crippen LogP contribution in [0.2, 0.25) is 0 Å². The van der Waals surface area contributed by atoms with Gasteiger partial charge < -0.3 is 15.5 Å². The number of rotatable bonds is 3. The third kappa shape index (κ3) is 3.42. The van der Waals surface area contributed by atoms with Gasteiger partial charge in [0.15, 0.2) is 0 Å². The summed E-state index contributed by atoms with van der Waals surface area (Å²) >= 11 is 0. The average Bonchev–Trinajstić information content (AvgIpc) is 3.12. The zero-order valence-electron chi connectivity index (χ0n) is 16.2. The van der Waals surface area contributed by atoms with Crippen molar-refractivity contribution in [2.24, 2.45) is 11.7 Å². The van der Waals surface area contributed by atoms with Crippen LogP contribution in [-0.4, -0.2) is 47.8 Å². The molecule has 0 spiro atoms. The van der Waals surface area contributed by atoms with Crippen molar-refractivity contribution in [1.29, 1.82) is 0 Å². The number of carbonyl (C=O) groups is 2. The molecule has 0 saturated carbocycles. The lowest BCUT2D eigenvalue weighted by Gasteiger charge is -2.40. The molecule has 2 saturated heterocycles. The third-order valence-electron chi connectivity index (χ3n) is 6.22. The number of likely N-dealkylation sites (tertiary alicyclic amines) is 2. The number of nitrogens with zero attached hydrogens (tertiary/aromatic N) is 2. The lowest BCUT2D eigenvalue weighted by molar-refractivity contribution is -0.146. The number of hydrogen-bond donors (Lipinski definition) is 1. The molecule has 2 unspecified atom stereocenters. The lowest BCUT2D eigenvalue weighted by atomic mass is 9.83. The molecule has 4 atom stereocenters. The fraction of sp³-hybridized carbons (Fsp3) is 0.391. The molecule has 2 N–H and O–H groups in total. The Hall–Kier alpha value is -2.66. The van der Waals surface area contributed by atoms with Crippen LogP contribution in [0.25, 0.3) is 0 Å². The number of carbonyl (C=O) groups excluding carboxylic acids is 2. The second-order valence-corrected chi connectivity index (χ2v) is 7.93. The Bertz CT molecular complexity index is 839. The first-order valence-corrected chi connectivity index (χ1v) is 9.96. The highest BCUT2D eigenvalue weighted by molar-refractivity contribution is 5.85. The van der Waals surface area contributed by atoms with Crippen LogP contribution in [0.4, 0.5) is 0 Å². The molecular formula is C23H27N3O2. The van der Waals surface area contributed by atoms with E-state index in [1.807, 2.05) is 60.5 Å². The van der Waals surface area contributed by atoms with E-state index < -0.39 is 0 Å². The fourth-order valence-electron chi connectivity index (χ4n) is 4.70. The normalized spacial score (nSPS) is 27.9. The number of nitrogens with two attached hydrogens (primary N) is 1. The molecule has 28 heavy (non-hydrogen) atoms. The van der Waals surface area contributed by atoms with Crippen LogP contribution in [0.5, 0.6) is 0 Å². The molecule has 2 fully saturated rings. The zero-order chi connectivity index (χ0) is 19.7. The predicted molar refractivity (Wildman–Crippen MR) is 108 cm³/mol. The van der Waals surface area contributed by atoms with Crippen molar-refractivity contribution < 1.29 is 9.59 Å². The van der Waals surface area contributed by atoms with E-state index in [1.54, 1.807) is 4.90 Å². The van der Waals surface area contributed by atoms with Crippen LogP contribution in [0.1, 0.15) is 35.9 Å². The van der Waals surface area contributed by atoms with Gasteiger partial charge in [0.1, 0.15) is 0 Å². The van der Waals surface area contributed by atoms with Crippen molar-refractivity contribution in [3.8, 4) is 0 Å². The highest BCUT2D eigenvalue weighted by atomic mass is 16.2. The Kier molecular flexibility index (Phi) is 5.18. The lowest BCUT2D eigenvalue weighted by Crippen LogP contribution is -2.47. The molecule has 5 nitrogen and oxygen atoms in total. The molecule has 0 bridgehead atoms. The van der Waals surface area contributed by atoms with E-state index in [0.717, 1.165) is 5.56 Å². The Morgan fingerprint density at radius 3 is 2.21 bits per heavy atom. The van der Waals surface area contributed by atoms with E-state index in [-0.39, 0.29) is 35.7 Å². The second kappa shape index (κ2) is 7.76. The molecule has 2 aromatic carbocycles. The molecule has 2 aliphatic heterocycles. The largest absolute Gasteiger partial charge is 0.340 e. The summed E-state index contributed by atoms with van der Waals surface area (Å²) in [5.74, 6) is 0.135. The van der Waals surface area contributed by atoms with Gasteiger partial charge in [0.2, 0.25) is 11.8 Å². The zero-order valence-corrected chi connectivity index (χ0v) is 16.2. The first-order valence-electron chi connectivity index (χ1n) is 9.96. The molecule has 2 aliphatic rings. The summed E-state index contributed by atoms with van der Waals surface area (Å²) in [6.07, 6.45) is 1.00. The van der Waals surface area contributed by atoms with Crippen molar-refractivity contribution >= 4 is 11.8 Å². The van der Waals surface area contributed by atoms with Gasteiger partial charge in [-0.15, -0.1) is 0 Å². The second-order valence-electron chi connectivity index (χ2n) is 7.93. The van der Waals surface area contributed by atoms with Crippen LogP contribution in [-0.2, 0) is 9.59 Å². The summed E-state index contributed by atoms with van der Waals surface area (Å²) in [5, 5.41) is 0. The maximum absolute atomic E-state index is 13.5.